The molecule has 3 rings (SSSR count). The fraction of sp³-hybridized carbons (Fsp3) is 0.333. The topological polar surface area (TPSA) is 46.6 Å². The summed E-state index contributed by atoms with van der Waals surface area (Å²) in [4.78, 5) is 25.5. The molecular formula is C21H23NO3. The quantitative estimate of drug-likeness (QED) is 0.782. The summed E-state index contributed by atoms with van der Waals surface area (Å²) in [6.07, 6.45) is 1.98. The summed E-state index contributed by atoms with van der Waals surface area (Å²) < 4.78 is 5.56. The van der Waals surface area contributed by atoms with E-state index >= 15 is 0 Å². The van der Waals surface area contributed by atoms with Crippen LogP contribution in [0.3, 0.4) is 0 Å². The van der Waals surface area contributed by atoms with Crippen LogP contribution in [0.1, 0.15) is 41.6 Å². The fourth-order valence-electron chi connectivity index (χ4n) is 3.21. The van der Waals surface area contributed by atoms with Gasteiger partial charge >= 0.3 is 0 Å². The largest absolute Gasteiger partial charge is 0.484 e. The molecule has 0 aliphatic carbocycles. The van der Waals surface area contributed by atoms with Gasteiger partial charge in [0.1, 0.15) is 5.75 Å². The molecule has 1 aliphatic rings. The number of likely N-dealkylation sites (tertiary alicyclic amines) is 1. The Balaban J connectivity index is 1.47. The van der Waals surface area contributed by atoms with Crippen molar-refractivity contribution >= 4 is 11.7 Å². The first-order valence-corrected chi connectivity index (χ1v) is 8.70. The average molecular weight is 337 g/mol. The second-order valence-corrected chi connectivity index (χ2v) is 6.43. The molecule has 0 N–H and O–H groups in total. The van der Waals surface area contributed by atoms with Crippen LogP contribution in [-0.2, 0) is 4.79 Å². The molecule has 1 saturated heterocycles. The number of piperidine rings is 1. The Morgan fingerprint density at radius 3 is 2.24 bits per heavy atom. The first-order valence-electron chi connectivity index (χ1n) is 8.70. The van der Waals surface area contributed by atoms with Crippen LogP contribution in [0.4, 0.5) is 0 Å². The highest BCUT2D eigenvalue weighted by Crippen LogP contribution is 2.27. The first kappa shape index (κ1) is 17.2. The summed E-state index contributed by atoms with van der Waals surface area (Å²) in [5, 5.41) is 0. The summed E-state index contributed by atoms with van der Waals surface area (Å²) in [5.41, 5.74) is 2.00. The van der Waals surface area contributed by atoms with Gasteiger partial charge in [-0.15, -0.1) is 0 Å². The lowest BCUT2D eigenvalue weighted by Crippen LogP contribution is -2.40. The van der Waals surface area contributed by atoms with Crippen LogP contribution in [0.5, 0.6) is 5.75 Å². The Morgan fingerprint density at radius 1 is 1.00 bits per heavy atom. The van der Waals surface area contributed by atoms with Gasteiger partial charge in [-0.1, -0.05) is 30.3 Å². The van der Waals surface area contributed by atoms with Crippen molar-refractivity contribution in [3.63, 3.8) is 0 Å². The summed E-state index contributed by atoms with van der Waals surface area (Å²) in [5.74, 6) is 1.17. The number of rotatable bonds is 5. The zero-order valence-electron chi connectivity index (χ0n) is 14.5. The Hall–Kier alpha value is -2.62. The van der Waals surface area contributed by atoms with Gasteiger partial charge in [0, 0.05) is 18.7 Å². The molecule has 1 amide bonds. The molecule has 0 unspecified atom stereocenters. The fourth-order valence-corrected chi connectivity index (χ4v) is 3.21. The van der Waals surface area contributed by atoms with Crippen LogP contribution in [-0.4, -0.2) is 36.3 Å². The van der Waals surface area contributed by atoms with Gasteiger partial charge in [-0.25, -0.2) is 0 Å². The highest BCUT2D eigenvalue weighted by Gasteiger charge is 2.23. The SMILES string of the molecule is CC(=O)c1ccc(OCC(=O)N2CCC(c3ccccc3)CC2)cc1. The Labute approximate surface area is 148 Å². The van der Waals surface area contributed by atoms with E-state index in [1.54, 1.807) is 24.3 Å². The first-order chi connectivity index (χ1) is 12.1. The normalized spacial score (nSPS) is 15.0. The third kappa shape index (κ3) is 4.47. The molecule has 0 aromatic heterocycles. The van der Waals surface area contributed by atoms with E-state index < -0.39 is 0 Å². The molecule has 25 heavy (non-hydrogen) atoms. The van der Waals surface area contributed by atoms with Crippen molar-refractivity contribution in [2.75, 3.05) is 19.7 Å². The molecule has 130 valence electrons. The molecule has 0 bridgehead atoms. The molecule has 4 nitrogen and oxygen atoms in total. The van der Waals surface area contributed by atoms with Gasteiger partial charge < -0.3 is 9.64 Å². The molecule has 1 aliphatic heterocycles. The zero-order chi connectivity index (χ0) is 17.6. The van der Waals surface area contributed by atoms with E-state index in [-0.39, 0.29) is 18.3 Å². The molecule has 0 saturated carbocycles. The maximum atomic E-state index is 12.3. The molecular weight excluding hydrogens is 314 g/mol. The number of ether oxygens (including phenoxy) is 1. The van der Waals surface area contributed by atoms with Crippen LogP contribution < -0.4 is 4.74 Å². The van der Waals surface area contributed by atoms with Crippen LogP contribution in [0.2, 0.25) is 0 Å². The van der Waals surface area contributed by atoms with Gasteiger partial charge in [-0.3, -0.25) is 9.59 Å². The molecule has 2 aromatic rings. The predicted molar refractivity (Wildman–Crippen MR) is 96.9 cm³/mol. The lowest BCUT2D eigenvalue weighted by molar-refractivity contribution is -0.134. The maximum absolute atomic E-state index is 12.3. The standard InChI is InChI=1S/C21H23NO3/c1-16(23)17-7-9-20(10-8-17)25-15-21(24)22-13-11-19(12-14-22)18-5-3-2-4-6-18/h2-10,19H,11-15H2,1H3. The second kappa shape index (κ2) is 7.97. The number of hydrogen-bond donors (Lipinski definition) is 0. The monoisotopic (exact) mass is 337 g/mol. The van der Waals surface area contributed by atoms with Crippen LogP contribution in [0, 0.1) is 0 Å². The summed E-state index contributed by atoms with van der Waals surface area (Å²) >= 11 is 0. The smallest absolute Gasteiger partial charge is 0.260 e. The summed E-state index contributed by atoms with van der Waals surface area (Å²) in [7, 11) is 0. The number of carbonyl (C=O) groups is 2. The van der Waals surface area contributed by atoms with E-state index in [9.17, 15) is 9.59 Å². The molecule has 1 fully saturated rings. The molecule has 0 spiro atoms. The lowest BCUT2D eigenvalue weighted by Gasteiger charge is -2.32. The van der Waals surface area contributed by atoms with Gasteiger partial charge in [0.05, 0.1) is 0 Å². The molecule has 1 heterocycles. The molecule has 0 radical (unpaired) electrons. The Kier molecular flexibility index (Phi) is 5.49. The second-order valence-electron chi connectivity index (χ2n) is 6.43. The van der Waals surface area contributed by atoms with Gasteiger partial charge in [0.2, 0.25) is 0 Å². The maximum Gasteiger partial charge on any atom is 0.260 e. The van der Waals surface area contributed by atoms with E-state index in [0.717, 1.165) is 25.9 Å². The van der Waals surface area contributed by atoms with Crippen molar-refractivity contribution in [2.24, 2.45) is 0 Å². The van der Waals surface area contributed by atoms with Crippen molar-refractivity contribution in [3.05, 3.63) is 65.7 Å². The predicted octanol–water partition coefficient (Wildman–Crippen LogP) is 3.67. The van der Waals surface area contributed by atoms with Gasteiger partial charge in [-0.2, -0.15) is 0 Å². The van der Waals surface area contributed by atoms with Crippen LogP contribution in [0.15, 0.2) is 54.6 Å². The highest BCUT2D eigenvalue weighted by atomic mass is 16.5. The van der Waals surface area contributed by atoms with Crippen LogP contribution in [0.25, 0.3) is 0 Å². The van der Waals surface area contributed by atoms with Crippen LogP contribution >= 0.6 is 0 Å². The van der Waals surface area contributed by atoms with E-state index in [0.29, 0.717) is 17.2 Å². The number of Topliss-reactive ketones (excluding diaryl/α,β-unsaturated/α-hetero) is 1. The van der Waals surface area contributed by atoms with E-state index in [1.807, 2.05) is 11.0 Å². The molecule has 0 atom stereocenters. The van der Waals surface area contributed by atoms with Gasteiger partial charge in [0.25, 0.3) is 5.91 Å². The Morgan fingerprint density at radius 2 is 1.64 bits per heavy atom. The average Bonchev–Trinajstić information content (AvgIpc) is 2.67. The van der Waals surface area contributed by atoms with Gasteiger partial charge in [-0.05, 0) is 55.5 Å². The minimum atomic E-state index is 0.0159. The summed E-state index contributed by atoms with van der Waals surface area (Å²) in [6, 6.07) is 17.4. The number of carbonyl (C=O) groups excluding carboxylic acids is 2. The lowest BCUT2D eigenvalue weighted by atomic mass is 9.89. The molecule has 4 heteroatoms. The van der Waals surface area contributed by atoms with Crippen molar-refractivity contribution in [1.82, 2.24) is 4.90 Å². The Bertz CT molecular complexity index is 717. The number of nitrogens with zero attached hydrogens (tertiary/aromatic N) is 1. The van der Waals surface area contributed by atoms with Gasteiger partial charge in [0.15, 0.2) is 12.4 Å². The summed E-state index contributed by atoms with van der Waals surface area (Å²) in [6.45, 7) is 3.10. The third-order valence-corrected chi connectivity index (χ3v) is 4.74. The number of hydrogen-bond acceptors (Lipinski definition) is 3. The van der Waals surface area contributed by atoms with E-state index in [4.69, 9.17) is 4.74 Å². The van der Waals surface area contributed by atoms with E-state index in [2.05, 4.69) is 24.3 Å². The highest BCUT2D eigenvalue weighted by molar-refractivity contribution is 5.94. The number of benzene rings is 2. The zero-order valence-corrected chi connectivity index (χ0v) is 14.5. The number of amides is 1. The third-order valence-electron chi connectivity index (χ3n) is 4.74. The minimum Gasteiger partial charge on any atom is -0.484 e. The minimum absolute atomic E-state index is 0.0159. The number of ketones is 1. The van der Waals surface area contributed by atoms with Crippen molar-refractivity contribution in [2.45, 2.75) is 25.7 Å². The molecule has 2 aromatic carbocycles. The van der Waals surface area contributed by atoms with Crippen molar-refractivity contribution in [1.29, 1.82) is 0 Å². The van der Waals surface area contributed by atoms with Crippen molar-refractivity contribution in [3.8, 4) is 5.75 Å². The van der Waals surface area contributed by atoms with Crippen molar-refractivity contribution < 1.29 is 14.3 Å². The van der Waals surface area contributed by atoms with E-state index in [1.165, 1.54) is 12.5 Å².